The monoisotopic (exact) mass is 226 g/mol. The molecule has 0 amide bonds. The number of nitrogen functional groups attached to an aromatic ring is 1. The number of hydrogen-bond donors (Lipinski definition) is 3. The minimum atomic E-state index is 0.0363. The Morgan fingerprint density at radius 1 is 1.06 bits per heavy atom. The fraction of sp³-hybridized carbons (Fsp3) is 0.0714. The molecule has 17 heavy (non-hydrogen) atoms. The Balaban J connectivity index is 2.48. The van der Waals surface area contributed by atoms with Gasteiger partial charge in [0.2, 0.25) is 0 Å². The maximum absolute atomic E-state index is 8.99. The van der Waals surface area contributed by atoms with Gasteiger partial charge in [-0.15, -0.1) is 0 Å². The Morgan fingerprint density at radius 2 is 1.71 bits per heavy atom. The van der Waals surface area contributed by atoms with E-state index in [2.05, 4.69) is 0 Å². The Morgan fingerprint density at radius 3 is 2.29 bits per heavy atom. The van der Waals surface area contributed by atoms with Crippen LogP contribution in [0.3, 0.4) is 0 Å². The molecule has 0 aliphatic carbocycles. The van der Waals surface area contributed by atoms with Crippen LogP contribution in [0.5, 0.6) is 0 Å². The summed E-state index contributed by atoms with van der Waals surface area (Å²) in [6.45, 7) is 0.0363. The smallest absolute Gasteiger partial charge is 0.123 e. The molecule has 0 fully saturated rings. The van der Waals surface area contributed by atoms with E-state index in [1.165, 1.54) is 0 Å². The van der Waals surface area contributed by atoms with Crippen LogP contribution in [0.2, 0.25) is 0 Å². The van der Waals surface area contributed by atoms with Gasteiger partial charge >= 0.3 is 0 Å². The zero-order valence-electron chi connectivity index (χ0n) is 9.35. The fourth-order valence-electron chi connectivity index (χ4n) is 1.76. The number of rotatable bonds is 3. The van der Waals surface area contributed by atoms with Crippen molar-refractivity contribution in [1.82, 2.24) is 0 Å². The molecule has 2 rings (SSSR count). The van der Waals surface area contributed by atoms with Crippen LogP contribution >= 0.6 is 0 Å². The normalized spacial score (nSPS) is 10.2. The van der Waals surface area contributed by atoms with Gasteiger partial charge in [0, 0.05) is 5.56 Å². The van der Waals surface area contributed by atoms with Crippen molar-refractivity contribution < 1.29 is 5.11 Å². The Hall–Kier alpha value is -2.13. The molecule has 2 aromatic carbocycles. The molecule has 3 nitrogen and oxygen atoms in total. The molecule has 0 aromatic heterocycles. The zero-order valence-corrected chi connectivity index (χ0v) is 9.35. The quantitative estimate of drug-likeness (QED) is 0.554. The topological polar surface area (TPSA) is 70.1 Å². The fourth-order valence-corrected chi connectivity index (χ4v) is 1.76. The molecule has 0 bridgehead atoms. The minimum absolute atomic E-state index is 0.0363. The first-order valence-electron chi connectivity index (χ1n) is 5.36. The van der Waals surface area contributed by atoms with Crippen molar-refractivity contribution in [3.63, 3.8) is 0 Å². The number of nitrogens with two attached hydrogens (primary N) is 1. The summed E-state index contributed by atoms with van der Waals surface area (Å²) in [5.74, 6) is 0.0619. The van der Waals surface area contributed by atoms with E-state index in [0.717, 1.165) is 22.3 Å². The van der Waals surface area contributed by atoms with E-state index in [1.54, 1.807) is 0 Å². The molecule has 0 atom stereocenters. The highest BCUT2D eigenvalue weighted by atomic mass is 16.3. The number of hydrogen-bond acceptors (Lipinski definition) is 2. The van der Waals surface area contributed by atoms with Crippen LogP contribution in [0.4, 0.5) is 0 Å². The van der Waals surface area contributed by atoms with Gasteiger partial charge in [-0.2, -0.15) is 0 Å². The molecule has 0 unspecified atom stereocenters. The van der Waals surface area contributed by atoms with E-state index >= 15 is 0 Å². The third-order valence-corrected chi connectivity index (χ3v) is 2.66. The van der Waals surface area contributed by atoms with Crippen LogP contribution in [-0.2, 0) is 6.61 Å². The molecule has 0 aliphatic rings. The molecule has 0 saturated carbocycles. The predicted octanol–water partition coefficient (Wildman–Crippen LogP) is 2.13. The largest absolute Gasteiger partial charge is 0.392 e. The lowest BCUT2D eigenvalue weighted by atomic mass is 9.98. The average Bonchev–Trinajstić information content (AvgIpc) is 2.39. The summed E-state index contributed by atoms with van der Waals surface area (Å²) in [5, 5.41) is 16.5. The molecule has 0 heterocycles. The van der Waals surface area contributed by atoms with Gasteiger partial charge in [0.05, 0.1) is 6.61 Å². The second-order valence-corrected chi connectivity index (χ2v) is 3.81. The van der Waals surface area contributed by atoms with Gasteiger partial charge in [-0.25, -0.2) is 0 Å². The second-order valence-electron chi connectivity index (χ2n) is 3.81. The highest BCUT2D eigenvalue weighted by molar-refractivity contribution is 6.01. The number of benzene rings is 2. The van der Waals surface area contributed by atoms with Crippen molar-refractivity contribution in [1.29, 1.82) is 5.41 Å². The lowest BCUT2D eigenvalue weighted by Gasteiger charge is -2.08. The number of aliphatic hydroxyl groups is 1. The van der Waals surface area contributed by atoms with Gasteiger partial charge in [0.1, 0.15) is 5.84 Å². The SMILES string of the molecule is N=C(N)c1ccccc1-c1ccc(CO)cc1. The number of nitrogens with one attached hydrogen (secondary N) is 1. The molecular weight excluding hydrogens is 212 g/mol. The van der Waals surface area contributed by atoms with Crippen molar-refractivity contribution in [3.8, 4) is 11.1 Å². The van der Waals surface area contributed by atoms with Crippen molar-refractivity contribution in [3.05, 3.63) is 59.7 Å². The van der Waals surface area contributed by atoms with E-state index in [0.29, 0.717) is 0 Å². The van der Waals surface area contributed by atoms with Crippen LogP contribution in [0.1, 0.15) is 11.1 Å². The Bertz CT molecular complexity index is 532. The zero-order chi connectivity index (χ0) is 12.3. The third-order valence-electron chi connectivity index (χ3n) is 2.66. The molecule has 4 N–H and O–H groups in total. The van der Waals surface area contributed by atoms with Gasteiger partial charge in [-0.05, 0) is 16.7 Å². The summed E-state index contributed by atoms with van der Waals surface area (Å²) in [4.78, 5) is 0. The first kappa shape index (κ1) is 11.4. The van der Waals surface area contributed by atoms with Gasteiger partial charge < -0.3 is 10.8 Å². The van der Waals surface area contributed by atoms with E-state index < -0.39 is 0 Å². The first-order chi connectivity index (χ1) is 8.22. The lowest BCUT2D eigenvalue weighted by Crippen LogP contribution is -2.12. The lowest BCUT2D eigenvalue weighted by molar-refractivity contribution is 0.282. The highest BCUT2D eigenvalue weighted by Crippen LogP contribution is 2.23. The summed E-state index contributed by atoms with van der Waals surface area (Å²) in [6, 6.07) is 15.1. The first-order valence-corrected chi connectivity index (χ1v) is 5.36. The standard InChI is InChI=1S/C14H14N2O/c15-14(16)13-4-2-1-3-12(13)11-7-5-10(9-17)6-8-11/h1-8,17H,9H2,(H3,15,16). The minimum Gasteiger partial charge on any atom is -0.392 e. The van der Waals surface area contributed by atoms with E-state index in [4.69, 9.17) is 16.2 Å². The summed E-state index contributed by atoms with van der Waals surface area (Å²) in [7, 11) is 0. The third kappa shape index (κ3) is 2.34. The average molecular weight is 226 g/mol. The van der Waals surface area contributed by atoms with E-state index in [-0.39, 0.29) is 12.4 Å². The molecule has 0 spiro atoms. The summed E-state index contributed by atoms with van der Waals surface area (Å²) < 4.78 is 0. The van der Waals surface area contributed by atoms with Gasteiger partial charge in [0.25, 0.3) is 0 Å². The Kier molecular flexibility index (Phi) is 3.21. The van der Waals surface area contributed by atoms with Crippen LogP contribution in [0, 0.1) is 5.41 Å². The van der Waals surface area contributed by atoms with Crippen LogP contribution in [0.15, 0.2) is 48.5 Å². The maximum Gasteiger partial charge on any atom is 0.123 e. The van der Waals surface area contributed by atoms with Gasteiger partial charge in [0.15, 0.2) is 0 Å². The van der Waals surface area contributed by atoms with Gasteiger partial charge in [-0.1, -0.05) is 48.5 Å². The van der Waals surface area contributed by atoms with Crippen LogP contribution in [0.25, 0.3) is 11.1 Å². The molecule has 0 aliphatic heterocycles. The number of amidine groups is 1. The molecule has 86 valence electrons. The van der Waals surface area contributed by atoms with Crippen molar-refractivity contribution in [2.24, 2.45) is 5.73 Å². The van der Waals surface area contributed by atoms with Crippen molar-refractivity contribution in [2.45, 2.75) is 6.61 Å². The number of aliphatic hydroxyl groups excluding tert-OH is 1. The van der Waals surface area contributed by atoms with Crippen LogP contribution in [-0.4, -0.2) is 10.9 Å². The van der Waals surface area contributed by atoms with Crippen molar-refractivity contribution >= 4 is 5.84 Å². The highest BCUT2D eigenvalue weighted by Gasteiger charge is 2.06. The summed E-state index contributed by atoms with van der Waals surface area (Å²) in [6.07, 6.45) is 0. The molecule has 2 aromatic rings. The predicted molar refractivity (Wildman–Crippen MR) is 68.8 cm³/mol. The van der Waals surface area contributed by atoms with Crippen LogP contribution < -0.4 is 5.73 Å². The second kappa shape index (κ2) is 4.80. The van der Waals surface area contributed by atoms with E-state index in [9.17, 15) is 0 Å². The molecule has 0 radical (unpaired) electrons. The molecule has 0 saturated heterocycles. The summed E-state index contributed by atoms with van der Waals surface area (Å²) in [5.41, 5.74) is 9.08. The van der Waals surface area contributed by atoms with Crippen molar-refractivity contribution in [2.75, 3.05) is 0 Å². The van der Waals surface area contributed by atoms with Gasteiger partial charge in [-0.3, -0.25) is 5.41 Å². The maximum atomic E-state index is 8.99. The van der Waals surface area contributed by atoms with E-state index in [1.807, 2.05) is 48.5 Å². The molecule has 3 heteroatoms. The summed E-state index contributed by atoms with van der Waals surface area (Å²) >= 11 is 0. The Labute approximate surface area is 100 Å². The molecular formula is C14H14N2O.